The highest BCUT2D eigenvalue weighted by atomic mass is 35.5. The fourth-order valence-corrected chi connectivity index (χ4v) is 5.83. The molecule has 3 aromatic heterocycles. The van der Waals surface area contributed by atoms with Crippen molar-refractivity contribution < 1.29 is 14.6 Å². The number of fused-ring (bicyclic) bond motifs is 1. The number of hydrogen-bond donors (Lipinski definition) is 2. The van der Waals surface area contributed by atoms with Gasteiger partial charge in [0.25, 0.3) is 0 Å². The van der Waals surface area contributed by atoms with Crippen molar-refractivity contribution in [2.75, 3.05) is 11.9 Å². The Bertz CT molecular complexity index is 1190. The van der Waals surface area contributed by atoms with E-state index in [0.717, 1.165) is 34.5 Å². The van der Waals surface area contributed by atoms with Crippen molar-refractivity contribution in [2.45, 2.75) is 51.4 Å². The molecule has 0 spiro atoms. The van der Waals surface area contributed by atoms with E-state index in [9.17, 15) is 9.90 Å². The number of thiophene rings is 1. The first kappa shape index (κ1) is 22.4. The highest BCUT2D eigenvalue weighted by molar-refractivity contribution is 7.14. The number of aliphatic hydroxyl groups is 1. The van der Waals surface area contributed by atoms with Gasteiger partial charge in [0.05, 0.1) is 28.8 Å². The Morgan fingerprint density at radius 1 is 1.33 bits per heavy atom. The van der Waals surface area contributed by atoms with Gasteiger partial charge in [0, 0.05) is 22.7 Å². The highest BCUT2D eigenvalue weighted by Crippen LogP contribution is 2.38. The number of anilines is 1. The number of rotatable bonds is 5. The van der Waals surface area contributed by atoms with Gasteiger partial charge < -0.3 is 15.2 Å². The van der Waals surface area contributed by atoms with E-state index in [0.29, 0.717) is 34.4 Å². The maximum Gasteiger partial charge on any atom is 0.208 e. The summed E-state index contributed by atoms with van der Waals surface area (Å²) in [6, 6.07) is 5.75. The molecule has 2 aliphatic rings. The van der Waals surface area contributed by atoms with Gasteiger partial charge in [-0.25, -0.2) is 15.0 Å². The normalized spacial score (nSPS) is 24.5. The van der Waals surface area contributed by atoms with Crippen molar-refractivity contribution in [2.24, 2.45) is 5.92 Å². The summed E-state index contributed by atoms with van der Waals surface area (Å²) in [5.74, 6) is 0.576. The maximum atomic E-state index is 13.5. The zero-order valence-corrected chi connectivity index (χ0v) is 20.0. The molecule has 172 valence electrons. The number of hydrogen-bond acceptors (Lipinski definition) is 8. The second-order valence-corrected chi connectivity index (χ2v) is 10.4. The van der Waals surface area contributed by atoms with Gasteiger partial charge in [-0.15, -0.1) is 11.3 Å². The summed E-state index contributed by atoms with van der Waals surface area (Å²) in [4.78, 5) is 28.0. The van der Waals surface area contributed by atoms with Crippen LogP contribution in [0, 0.1) is 12.8 Å². The monoisotopic (exact) mass is 484 g/mol. The van der Waals surface area contributed by atoms with E-state index >= 15 is 0 Å². The van der Waals surface area contributed by atoms with E-state index in [4.69, 9.17) is 16.3 Å². The average Bonchev–Trinajstić information content (AvgIpc) is 3.34. The molecule has 0 bridgehead atoms. The summed E-state index contributed by atoms with van der Waals surface area (Å²) in [7, 11) is 0. The van der Waals surface area contributed by atoms with Crippen LogP contribution in [0.2, 0.25) is 5.15 Å². The molecule has 0 aromatic carbocycles. The zero-order valence-electron chi connectivity index (χ0n) is 18.4. The van der Waals surface area contributed by atoms with Crippen molar-refractivity contribution in [1.29, 1.82) is 0 Å². The first-order valence-corrected chi connectivity index (χ1v) is 12.3. The van der Waals surface area contributed by atoms with E-state index in [-0.39, 0.29) is 30.0 Å². The third-order valence-electron chi connectivity index (χ3n) is 6.48. The molecule has 5 rings (SSSR count). The van der Waals surface area contributed by atoms with Crippen LogP contribution in [-0.4, -0.2) is 44.6 Å². The minimum Gasteiger partial charge on any atom is -0.393 e. The van der Waals surface area contributed by atoms with Gasteiger partial charge >= 0.3 is 0 Å². The van der Waals surface area contributed by atoms with Gasteiger partial charge in [0.15, 0.2) is 0 Å². The van der Waals surface area contributed by atoms with Crippen molar-refractivity contribution in [1.82, 2.24) is 15.0 Å². The number of nitrogens with zero attached hydrogens (tertiary/aromatic N) is 3. The lowest BCUT2D eigenvalue weighted by atomic mass is 9.98. The molecule has 2 N–H and O–H groups in total. The first-order chi connectivity index (χ1) is 15.9. The summed E-state index contributed by atoms with van der Waals surface area (Å²) in [6.07, 6.45) is 4.54. The Morgan fingerprint density at radius 2 is 2.18 bits per heavy atom. The van der Waals surface area contributed by atoms with Gasteiger partial charge in [-0.05, 0) is 49.8 Å². The van der Waals surface area contributed by atoms with Crippen molar-refractivity contribution in [3.8, 4) is 0 Å². The number of ketones is 1. The number of aryl methyl sites for hydroxylation is 1. The summed E-state index contributed by atoms with van der Waals surface area (Å²) in [5, 5.41) is 13.9. The molecule has 0 amide bonds. The molecule has 4 heterocycles. The maximum absolute atomic E-state index is 13.5. The largest absolute Gasteiger partial charge is 0.393 e. The SMILES string of the molecule is Cc1sc(C(=O)c2cncnc2N[C@@H]2C[C@@H](C)[C@@H](O)C2)cc1[C@H]1OCCc2ccc(Cl)nc21. The second kappa shape index (κ2) is 9.10. The van der Waals surface area contributed by atoms with Crippen LogP contribution in [0.5, 0.6) is 0 Å². The number of aromatic nitrogens is 3. The fraction of sp³-hybridized carbons (Fsp3) is 0.417. The lowest BCUT2D eigenvalue weighted by Crippen LogP contribution is -2.20. The predicted octanol–water partition coefficient (Wildman–Crippen LogP) is 4.36. The van der Waals surface area contributed by atoms with Crippen molar-refractivity contribution >= 4 is 34.5 Å². The van der Waals surface area contributed by atoms with Crippen LogP contribution in [0.15, 0.2) is 30.7 Å². The molecule has 0 unspecified atom stereocenters. The van der Waals surface area contributed by atoms with Crippen molar-refractivity contribution in [3.05, 3.63) is 68.0 Å². The summed E-state index contributed by atoms with van der Waals surface area (Å²) in [6.45, 7) is 4.61. The summed E-state index contributed by atoms with van der Waals surface area (Å²) in [5.41, 5.74) is 3.28. The van der Waals surface area contributed by atoms with Crippen LogP contribution in [0.4, 0.5) is 5.82 Å². The summed E-state index contributed by atoms with van der Waals surface area (Å²) < 4.78 is 6.07. The number of halogens is 1. The standard InChI is InChI=1S/C24H25ClN4O3S/c1-12-7-15(8-18(12)30)28-24-17(10-26-11-27-24)22(31)19-9-16(13(2)33-19)23-21-14(5-6-32-23)3-4-20(25)29-21/h3-4,9-12,15,18,23,30H,5-8H2,1-2H3,(H,26,27,28)/t12-,15-,18+,23-/m1/s1. The number of nitrogens with one attached hydrogen (secondary N) is 1. The molecule has 9 heteroatoms. The van der Waals surface area contributed by atoms with Crippen LogP contribution >= 0.6 is 22.9 Å². The minimum atomic E-state index is -0.351. The number of carbonyl (C=O) groups is 1. The molecule has 1 saturated carbocycles. The molecule has 0 radical (unpaired) electrons. The number of carbonyl (C=O) groups excluding carboxylic acids is 1. The topological polar surface area (TPSA) is 97.2 Å². The van der Waals surface area contributed by atoms with Crippen molar-refractivity contribution in [3.63, 3.8) is 0 Å². The quantitative estimate of drug-likeness (QED) is 0.410. The molecule has 1 fully saturated rings. The minimum absolute atomic E-state index is 0.0695. The highest BCUT2D eigenvalue weighted by Gasteiger charge is 2.32. The molecule has 33 heavy (non-hydrogen) atoms. The van der Waals surface area contributed by atoms with Gasteiger partial charge in [-0.2, -0.15) is 0 Å². The summed E-state index contributed by atoms with van der Waals surface area (Å²) >= 11 is 7.58. The van der Waals surface area contributed by atoms with E-state index in [1.165, 1.54) is 17.7 Å². The number of pyridine rings is 1. The lowest BCUT2D eigenvalue weighted by molar-refractivity contribution is 0.0663. The van der Waals surface area contributed by atoms with Crippen LogP contribution < -0.4 is 5.32 Å². The third-order valence-corrected chi connectivity index (χ3v) is 7.76. The molecular formula is C24H25ClN4O3S. The zero-order chi connectivity index (χ0) is 23.1. The Labute approximate surface area is 201 Å². The van der Waals surface area contributed by atoms with E-state index in [1.807, 2.05) is 26.0 Å². The lowest BCUT2D eigenvalue weighted by Gasteiger charge is -2.25. The number of aliphatic hydroxyl groups excluding tert-OH is 1. The van der Waals surface area contributed by atoms with Crippen LogP contribution in [0.25, 0.3) is 0 Å². The third kappa shape index (κ3) is 4.40. The van der Waals surface area contributed by atoms with Crippen LogP contribution in [0.1, 0.15) is 62.8 Å². The molecule has 7 nitrogen and oxygen atoms in total. The molecule has 0 saturated heterocycles. The van der Waals surface area contributed by atoms with Gasteiger partial charge in [-0.3, -0.25) is 4.79 Å². The Morgan fingerprint density at radius 3 is 2.97 bits per heavy atom. The second-order valence-electron chi connectivity index (χ2n) is 8.77. The van der Waals surface area contributed by atoms with Gasteiger partial charge in [-0.1, -0.05) is 24.6 Å². The van der Waals surface area contributed by atoms with Crippen LogP contribution in [-0.2, 0) is 11.2 Å². The van der Waals surface area contributed by atoms with Gasteiger partial charge in [0.2, 0.25) is 5.78 Å². The average molecular weight is 485 g/mol. The van der Waals surface area contributed by atoms with E-state index < -0.39 is 0 Å². The fourth-order valence-electron chi connectivity index (χ4n) is 4.67. The van der Waals surface area contributed by atoms with E-state index in [2.05, 4.69) is 20.3 Å². The Hall–Kier alpha value is -2.39. The number of ether oxygens (including phenoxy) is 1. The molecule has 1 aliphatic carbocycles. The van der Waals surface area contributed by atoms with Gasteiger partial charge in [0.1, 0.15) is 23.4 Å². The molecular weight excluding hydrogens is 460 g/mol. The molecule has 4 atom stereocenters. The predicted molar refractivity (Wildman–Crippen MR) is 127 cm³/mol. The van der Waals surface area contributed by atoms with Crippen LogP contribution in [0.3, 0.4) is 0 Å². The smallest absolute Gasteiger partial charge is 0.208 e. The Balaban J connectivity index is 1.43. The van der Waals surface area contributed by atoms with E-state index in [1.54, 1.807) is 12.3 Å². The Kier molecular flexibility index (Phi) is 6.18. The molecule has 3 aromatic rings. The first-order valence-electron chi connectivity index (χ1n) is 11.1. The molecule has 1 aliphatic heterocycles.